The van der Waals surface area contributed by atoms with E-state index in [0.29, 0.717) is 18.9 Å². The number of nitrogens with zero attached hydrogens (tertiary/aromatic N) is 4. The molecule has 3 heterocycles. The lowest BCUT2D eigenvalue weighted by molar-refractivity contribution is -0.139. The van der Waals surface area contributed by atoms with Crippen LogP contribution in [-0.2, 0) is 9.59 Å². The van der Waals surface area contributed by atoms with E-state index in [0.717, 1.165) is 11.2 Å². The van der Waals surface area contributed by atoms with Gasteiger partial charge in [-0.05, 0) is 13.0 Å². The fourth-order valence-electron chi connectivity index (χ4n) is 2.59. The van der Waals surface area contributed by atoms with E-state index in [1.165, 1.54) is 0 Å². The smallest absolute Gasteiger partial charge is 0.305 e. The molecular formula is C13H15N5O3. The monoisotopic (exact) mass is 289 g/mol. The normalized spacial score (nSPS) is 18.8. The zero-order chi connectivity index (χ0) is 15.0. The van der Waals surface area contributed by atoms with Crippen molar-refractivity contribution in [2.45, 2.75) is 19.4 Å². The molecule has 0 radical (unpaired) electrons. The Labute approximate surface area is 120 Å². The Balaban J connectivity index is 2.06. The van der Waals surface area contributed by atoms with Crippen LogP contribution in [0.4, 0.5) is 5.82 Å². The third kappa shape index (κ3) is 2.39. The van der Waals surface area contributed by atoms with Gasteiger partial charge in [0.05, 0.1) is 12.1 Å². The number of piperazine rings is 1. The maximum Gasteiger partial charge on any atom is 0.305 e. The van der Waals surface area contributed by atoms with Crippen LogP contribution in [0.5, 0.6) is 0 Å². The zero-order valence-electron chi connectivity index (χ0n) is 11.5. The Morgan fingerprint density at radius 3 is 3.14 bits per heavy atom. The molecule has 0 spiro atoms. The molecule has 2 aromatic rings. The van der Waals surface area contributed by atoms with Gasteiger partial charge in [-0.3, -0.25) is 9.59 Å². The predicted octanol–water partition coefficient (Wildman–Crippen LogP) is -0.183. The Morgan fingerprint density at radius 1 is 1.57 bits per heavy atom. The molecule has 1 aliphatic rings. The van der Waals surface area contributed by atoms with Gasteiger partial charge in [0, 0.05) is 25.5 Å². The summed E-state index contributed by atoms with van der Waals surface area (Å²) in [7, 11) is 0. The van der Waals surface area contributed by atoms with Crippen molar-refractivity contribution in [3.8, 4) is 0 Å². The molecule has 2 N–H and O–H groups in total. The van der Waals surface area contributed by atoms with Gasteiger partial charge in [-0.25, -0.2) is 9.50 Å². The Bertz CT molecular complexity index is 711. The number of carbonyl (C=O) groups excluding carboxylic acids is 1. The molecule has 1 saturated heterocycles. The van der Waals surface area contributed by atoms with Crippen molar-refractivity contribution in [1.29, 1.82) is 0 Å². The molecule has 110 valence electrons. The van der Waals surface area contributed by atoms with Gasteiger partial charge < -0.3 is 15.3 Å². The van der Waals surface area contributed by atoms with Crippen molar-refractivity contribution in [3.05, 3.63) is 24.2 Å². The minimum absolute atomic E-state index is 0.262. The van der Waals surface area contributed by atoms with Crippen LogP contribution < -0.4 is 10.2 Å². The van der Waals surface area contributed by atoms with Crippen molar-refractivity contribution in [1.82, 2.24) is 19.9 Å². The van der Waals surface area contributed by atoms with Crippen LogP contribution in [-0.4, -0.2) is 50.7 Å². The summed E-state index contributed by atoms with van der Waals surface area (Å²) >= 11 is 0. The fraction of sp³-hybridized carbons (Fsp3) is 0.385. The Hall–Kier alpha value is -2.64. The molecule has 0 aromatic carbocycles. The first-order valence-electron chi connectivity index (χ1n) is 6.63. The van der Waals surface area contributed by atoms with Gasteiger partial charge >= 0.3 is 5.97 Å². The van der Waals surface area contributed by atoms with E-state index < -0.39 is 12.0 Å². The summed E-state index contributed by atoms with van der Waals surface area (Å²) in [6.45, 7) is 2.85. The topological polar surface area (TPSA) is 99.8 Å². The van der Waals surface area contributed by atoms with Crippen LogP contribution in [0.2, 0.25) is 0 Å². The quantitative estimate of drug-likeness (QED) is 0.813. The molecule has 8 heteroatoms. The van der Waals surface area contributed by atoms with E-state index in [1.54, 1.807) is 21.8 Å². The highest BCUT2D eigenvalue weighted by molar-refractivity contribution is 5.91. The third-order valence-electron chi connectivity index (χ3n) is 3.46. The summed E-state index contributed by atoms with van der Waals surface area (Å²) in [5.41, 5.74) is 1.60. The Morgan fingerprint density at radius 2 is 2.38 bits per heavy atom. The number of anilines is 1. The summed E-state index contributed by atoms with van der Waals surface area (Å²) in [5, 5.41) is 16.0. The van der Waals surface area contributed by atoms with E-state index in [4.69, 9.17) is 5.11 Å². The number of hydrogen-bond donors (Lipinski definition) is 2. The highest BCUT2D eigenvalue weighted by Crippen LogP contribution is 2.24. The summed E-state index contributed by atoms with van der Waals surface area (Å²) in [6, 6.07) is 1.11. The molecule has 0 saturated carbocycles. The van der Waals surface area contributed by atoms with Crippen molar-refractivity contribution in [2.24, 2.45) is 0 Å². The first-order valence-corrected chi connectivity index (χ1v) is 6.63. The molecule has 0 bridgehead atoms. The van der Waals surface area contributed by atoms with Gasteiger partial charge in [-0.2, -0.15) is 5.10 Å². The van der Waals surface area contributed by atoms with Crippen molar-refractivity contribution in [3.63, 3.8) is 0 Å². The average molecular weight is 289 g/mol. The number of rotatable bonds is 3. The molecule has 1 amide bonds. The van der Waals surface area contributed by atoms with Crippen LogP contribution in [0.15, 0.2) is 18.5 Å². The highest BCUT2D eigenvalue weighted by atomic mass is 16.4. The number of amides is 1. The van der Waals surface area contributed by atoms with E-state index in [-0.39, 0.29) is 12.3 Å². The molecule has 1 atom stereocenters. The molecule has 1 unspecified atom stereocenters. The lowest BCUT2D eigenvalue weighted by Gasteiger charge is -2.35. The number of carboxylic acid groups (broad SMARTS) is 1. The van der Waals surface area contributed by atoms with Crippen molar-refractivity contribution in [2.75, 3.05) is 18.0 Å². The fourth-order valence-corrected chi connectivity index (χ4v) is 2.59. The minimum Gasteiger partial charge on any atom is -0.481 e. The molecule has 21 heavy (non-hydrogen) atoms. The SMILES string of the molecule is Cc1cc2c(N3CCNC(=O)C3CC(=O)O)nccn2n1. The predicted molar refractivity (Wildman–Crippen MR) is 74.1 cm³/mol. The van der Waals surface area contributed by atoms with Gasteiger partial charge in [-0.1, -0.05) is 0 Å². The summed E-state index contributed by atoms with van der Waals surface area (Å²) in [5.74, 6) is -0.721. The number of fused-ring (bicyclic) bond motifs is 1. The summed E-state index contributed by atoms with van der Waals surface area (Å²) < 4.78 is 1.68. The zero-order valence-corrected chi connectivity index (χ0v) is 11.5. The van der Waals surface area contributed by atoms with Crippen LogP contribution >= 0.6 is 0 Å². The van der Waals surface area contributed by atoms with E-state index >= 15 is 0 Å². The van der Waals surface area contributed by atoms with E-state index in [2.05, 4.69) is 15.4 Å². The van der Waals surface area contributed by atoms with Crippen LogP contribution in [0.3, 0.4) is 0 Å². The first-order chi connectivity index (χ1) is 10.1. The molecule has 1 fully saturated rings. The minimum atomic E-state index is -1.02. The number of carbonyl (C=O) groups is 2. The lowest BCUT2D eigenvalue weighted by atomic mass is 10.1. The van der Waals surface area contributed by atoms with Crippen LogP contribution in [0.1, 0.15) is 12.1 Å². The van der Waals surface area contributed by atoms with E-state index in [1.807, 2.05) is 13.0 Å². The van der Waals surface area contributed by atoms with Crippen LogP contribution in [0, 0.1) is 6.92 Å². The number of carboxylic acids is 1. The molecular weight excluding hydrogens is 274 g/mol. The van der Waals surface area contributed by atoms with Crippen LogP contribution in [0.25, 0.3) is 5.52 Å². The molecule has 2 aromatic heterocycles. The third-order valence-corrected chi connectivity index (χ3v) is 3.46. The first kappa shape index (κ1) is 13.3. The maximum absolute atomic E-state index is 12.0. The number of aliphatic carboxylic acids is 1. The summed E-state index contributed by atoms with van der Waals surface area (Å²) in [6.07, 6.45) is 3.06. The number of hydrogen-bond acceptors (Lipinski definition) is 5. The average Bonchev–Trinajstić information content (AvgIpc) is 2.80. The summed E-state index contributed by atoms with van der Waals surface area (Å²) in [4.78, 5) is 29.1. The Kier molecular flexibility index (Phi) is 3.20. The molecule has 1 aliphatic heterocycles. The van der Waals surface area contributed by atoms with Crippen molar-refractivity contribution < 1.29 is 14.7 Å². The second-order valence-corrected chi connectivity index (χ2v) is 4.96. The number of aryl methyl sites for hydroxylation is 1. The maximum atomic E-state index is 12.0. The van der Waals surface area contributed by atoms with Gasteiger partial charge in [0.25, 0.3) is 0 Å². The highest BCUT2D eigenvalue weighted by Gasteiger charge is 2.33. The van der Waals surface area contributed by atoms with Gasteiger partial charge in [0.1, 0.15) is 11.6 Å². The van der Waals surface area contributed by atoms with Gasteiger partial charge in [0.15, 0.2) is 5.82 Å². The number of aromatic nitrogens is 3. The van der Waals surface area contributed by atoms with E-state index in [9.17, 15) is 9.59 Å². The second kappa shape index (κ2) is 5.04. The second-order valence-electron chi connectivity index (χ2n) is 4.96. The molecule has 0 aliphatic carbocycles. The standard InChI is InChI=1S/C13H15N5O3/c1-8-6-9-12(14-3-5-18(9)16-8)17-4-2-15-13(21)10(17)7-11(19)20/h3,5-6,10H,2,4,7H2,1H3,(H,15,21)(H,19,20). The van der Waals surface area contributed by atoms with Gasteiger partial charge in [-0.15, -0.1) is 0 Å². The largest absolute Gasteiger partial charge is 0.481 e. The van der Waals surface area contributed by atoms with Gasteiger partial charge in [0.2, 0.25) is 5.91 Å². The van der Waals surface area contributed by atoms with Crippen molar-refractivity contribution >= 4 is 23.2 Å². The molecule has 3 rings (SSSR count). The lowest BCUT2D eigenvalue weighted by Crippen LogP contribution is -2.56. The number of nitrogens with one attached hydrogen (secondary N) is 1. The molecule has 8 nitrogen and oxygen atoms in total.